The monoisotopic (exact) mass is 196 g/mol. The highest BCUT2D eigenvalue weighted by Crippen LogP contribution is 2.27. The van der Waals surface area contributed by atoms with E-state index in [1.807, 2.05) is 6.92 Å². The Morgan fingerprint density at radius 1 is 1.29 bits per heavy atom. The lowest BCUT2D eigenvalue weighted by Gasteiger charge is -2.27. The van der Waals surface area contributed by atoms with Crippen LogP contribution in [0.15, 0.2) is 0 Å². The van der Waals surface area contributed by atoms with E-state index in [2.05, 4.69) is 11.8 Å². The molecule has 0 spiro atoms. The molecule has 1 aliphatic carbocycles. The Kier molecular flexibility index (Phi) is 3.58. The molecule has 0 amide bonds. The molecule has 1 atom stereocenters. The van der Waals surface area contributed by atoms with E-state index in [4.69, 9.17) is 0 Å². The van der Waals surface area contributed by atoms with Gasteiger partial charge in [0.1, 0.15) is 11.2 Å². The van der Waals surface area contributed by atoms with Crippen LogP contribution in [0.5, 0.6) is 0 Å². The largest absolute Gasteiger partial charge is 0.378 e. The van der Waals surface area contributed by atoms with Gasteiger partial charge in [-0.15, -0.1) is 0 Å². The van der Waals surface area contributed by atoms with Crippen molar-refractivity contribution in [3.8, 4) is 11.8 Å². The molecule has 2 N–H and O–H groups in total. The lowest BCUT2D eigenvalue weighted by atomic mass is 9.85. The highest BCUT2D eigenvalue weighted by Gasteiger charge is 2.27. The first-order valence-corrected chi connectivity index (χ1v) is 5.46. The van der Waals surface area contributed by atoms with Crippen LogP contribution in [0.2, 0.25) is 0 Å². The first kappa shape index (κ1) is 11.6. The zero-order valence-corrected chi connectivity index (χ0v) is 9.14. The Balaban J connectivity index is 2.64. The van der Waals surface area contributed by atoms with Gasteiger partial charge in [-0.2, -0.15) is 0 Å². The minimum absolute atomic E-state index is 0.593. The van der Waals surface area contributed by atoms with Crippen LogP contribution in [0.3, 0.4) is 0 Å². The molecule has 1 aliphatic rings. The Morgan fingerprint density at radius 3 is 2.36 bits per heavy atom. The first-order chi connectivity index (χ1) is 6.47. The summed E-state index contributed by atoms with van der Waals surface area (Å²) in [6.45, 7) is 3.58. The van der Waals surface area contributed by atoms with Crippen LogP contribution in [0.4, 0.5) is 0 Å². The van der Waals surface area contributed by atoms with Crippen molar-refractivity contribution < 1.29 is 10.2 Å². The van der Waals surface area contributed by atoms with Crippen molar-refractivity contribution >= 4 is 0 Å². The summed E-state index contributed by atoms with van der Waals surface area (Å²) < 4.78 is 0. The normalized spacial score (nSPS) is 24.6. The third kappa shape index (κ3) is 3.32. The summed E-state index contributed by atoms with van der Waals surface area (Å²) in [5, 5.41) is 19.7. The van der Waals surface area contributed by atoms with Gasteiger partial charge >= 0.3 is 0 Å². The smallest absolute Gasteiger partial charge is 0.125 e. The van der Waals surface area contributed by atoms with Crippen molar-refractivity contribution in [2.45, 2.75) is 63.6 Å². The van der Waals surface area contributed by atoms with Gasteiger partial charge in [-0.3, -0.25) is 0 Å². The van der Waals surface area contributed by atoms with E-state index in [-0.39, 0.29) is 0 Å². The maximum absolute atomic E-state index is 10.0. The molecule has 0 saturated heterocycles. The lowest BCUT2D eigenvalue weighted by Crippen LogP contribution is -2.30. The fourth-order valence-electron chi connectivity index (χ4n) is 1.60. The highest BCUT2D eigenvalue weighted by atomic mass is 16.3. The molecule has 2 nitrogen and oxygen atoms in total. The zero-order valence-electron chi connectivity index (χ0n) is 9.14. The Labute approximate surface area is 86.3 Å². The average molecular weight is 196 g/mol. The standard InChI is InChI=1S/C12H20O2/c1-3-11(2,13)9-10-12(14)7-5-4-6-8-12/h13-14H,3-8H2,1-2H3. The van der Waals surface area contributed by atoms with Gasteiger partial charge in [0, 0.05) is 0 Å². The molecule has 0 aromatic heterocycles. The summed E-state index contributed by atoms with van der Waals surface area (Å²) in [4.78, 5) is 0. The molecule has 14 heavy (non-hydrogen) atoms. The van der Waals surface area contributed by atoms with Crippen LogP contribution >= 0.6 is 0 Å². The molecule has 1 unspecified atom stereocenters. The van der Waals surface area contributed by atoms with Crippen molar-refractivity contribution in [2.24, 2.45) is 0 Å². The predicted octanol–water partition coefficient (Wildman–Crippen LogP) is 1.85. The van der Waals surface area contributed by atoms with E-state index in [0.29, 0.717) is 6.42 Å². The van der Waals surface area contributed by atoms with Crippen molar-refractivity contribution in [3.63, 3.8) is 0 Å². The Hall–Kier alpha value is -0.520. The van der Waals surface area contributed by atoms with Gasteiger partial charge in [0.15, 0.2) is 0 Å². The van der Waals surface area contributed by atoms with Crippen molar-refractivity contribution in [3.05, 3.63) is 0 Å². The van der Waals surface area contributed by atoms with E-state index in [9.17, 15) is 10.2 Å². The summed E-state index contributed by atoms with van der Waals surface area (Å²) in [7, 11) is 0. The van der Waals surface area contributed by atoms with Gasteiger partial charge in [-0.1, -0.05) is 25.2 Å². The maximum Gasteiger partial charge on any atom is 0.125 e. The molecule has 0 aliphatic heterocycles. The van der Waals surface area contributed by atoms with E-state index >= 15 is 0 Å². The molecule has 0 aromatic rings. The molecule has 0 aromatic carbocycles. The number of aliphatic hydroxyl groups is 2. The quantitative estimate of drug-likeness (QED) is 0.628. The second-order valence-electron chi connectivity index (χ2n) is 4.47. The summed E-state index contributed by atoms with van der Waals surface area (Å²) in [5.41, 5.74) is -1.79. The van der Waals surface area contributed by atoms with Gasteiger partial charge in [0.05, 0.1) is 0 Å². The van der Waals surface area contributed by atoms with Crippen LogP contribution in [0.25, 0.3) is 0 Å². The second kappa shape index (κ2) is 4.33. The first-order valence-electron chi connectivity index (χ1n) is 5.46. The van der Waals surface area contributed by atoms with Gasteiger partial charge in [0.2, 0.25) is 0 Å². The minimum Gasteiger partial charge on any atom is -0.378 e. The Morgan fingerprint density at radius 2 is 1.86 bits per heavy atom. The van der Waals surface area contributed by atoms with Crippen LogP contribution < -0.4 is 0 Å². The predicted molar refractivity (Wildman–Crippen MR) is 56.7 cm³/mol. The van der Waals surface area contributed by atoms with E-state index < -0.39 is 11.2 Å². The average Bonchev–Trinajstić information content (AvgIpc) is 2.17. The van der Waals surface area contributed by atoms with E-state index in [0.717, 1.165) is 25.7 Å². The second-order valence-corrected chi connectivity index (χ2v) is 4.47. The van der Waals surface area contributed by atoms with E-state index in [1.165, 1.54) is 6.42 Å². The molecule has 0 bridgehead atoms. The number of hydrogen-bond acceptors (Lipinski definition) is 2. The summed E-state index contributed by atoms with van der Waals surface area (Å²) in [5.74, 6) is 5.62. The molecular weight excluding hydrogens is 176 g/mol. The molecular formula is C12H20O2. The maximum atomic E-state index is 10.0. The topological polar surface area (TPSA) is 40.5 Å². The van der Waals surface area contributed by atoms with Crippen LogP contribution in [-0.2, 0) is 0 Å². The molecule has 1 fully saturated rings. The molecule has 0 radical (unpaired) electrons. The zero-order chi connectivity index (χ0) is 10.7. The van der Waals surface area contributed by atoms with Crippen molar-refractivity contribution in [2.75, 3.05) is 0 Å². The number of hydrogen-bond donors (Lipinski definition) is 2. The molecule has 1 saturated carbocycles. The molecule has 2 heteroatoms. The van der Waals surface area contributed by atoms with Crippen LogP contribution in [-0.4, -0.2) is 21.4 Å². The van der Waals surface area contributed by atoms with E-state index in [1.54, 1.807) is 6.92 Å². The highest BCUT2D eigenvalue weighted by molar-refractivity contribution is 5.20. The van der Waals surface area contributed by atoms with Crippen LogP contribution in [0, 0.1) is 11.8 Å². The molecule has 0 heterocycles. The SMILES string of the molecule is CCC(C)(O)C#CC1(O)CCCCC1. The Bertz CT molecular complexity index is 239. The van der Waals surface area contributed by atoms with Crippen molar-refractivity contribution in [1.82, 2.24) is 0 Å². The fourth-order valence-corrected chi connectivity index (χ4v) is 1.60. The lowest BCUT2D eigenvalue weighted by molar-refractivity contribution is 0.0588. The van der Waals surface area contributed by atoms with Gasteiger partial charge in [-0.25, -0.2) is 0 Å². The van der Waals surface area contributed by atoms with Gasteiger partial charge in [-0.05, 0) is 39.0 Å². The summed E-state index contributed by atoms with van der Waals surface area (Å²) in [6, 6.07) is 0. The van der Waals surface area contributed by atoms with Crippen molar-refractivity contribution in [1.29, 1.82) is 0 Å². The third-order valence-corrected chi connectivity index (χ3v) is 2.93. The summed E-state index contributed by atoms with van der Waals surface area (Å²) >= 11 is 0. The molecule has 80 valence electrons. The van der Waals surface area contributed by atoms with Gasteiger partial charge in [0.25, 0.3) is 0 Å². The van der Waals surface area contributed by atoms with Crippen LogP contribution in [0.1, 0.15) is 52.4 Å². The summed E-state index contributed by atoms with van der Waals surface area (Å²) in [6.07, 6.45) is 5.36. The minimum atomic E-state index is -0.951. The molecule has 1 rings (SSSR count). The third-order valence-electron chi connectivity index (χ3n) is 2.93. The number of rotatable bonds is 1. The van der Waals surface area contributed by atoms with Gasteiger partial charge < -0.3 is 10.2 Å². The fraction of sp³-hybridized carbons (Fsp3) is 0.833.